The summed E-state index contributed by atoms with van der Waals surface area (Å²) in [6.45, 7) is 4.03. The van der Waals surface area contributed by atoms with E-state index in [4.69, 9.17) is 0 Å². The Kier molecular flexibility index (Phi) is 17.7. The van der Waals surface area contributed by atoms with E-state index >= 15 is 0 Å². The highest BCUT2D eigenvalue weighted by molar-refractivity contribution is 8.14. The molecule has 0 spiro atoms. The van der Waals surface area contributed by atoms with Crippen LogP contribution in [0.4, 0.5) is 0 Å². The van der Waals surface area contributed by atoms with Crippen LogP contribution in [0.3, 0.4) is 0 Å². The molecule has 1 atom stereocenters. The van der Waals surface area contributed by atoms with Gasteiger partial charge in [-0.25, -0.2) is 4.98 Å². The maximum atomic E-state index is 12.1. The summed E-state index contributed by atoms with van der Waals surface area (Å²) in [6.07, 6.45) is 10.1. The number of allylic oxidation sites excluding steroid dienone is 1. The van der Waals surface area contributed by atoms with Crippen molar-refractivity contribution in [3.8, 4) is 0 Å². The molecule has 2 N–H and O–H groups in total. The number of Topliss-reactive ketones (excluding diaryl/α,β-unsaturated/α-hetero) is 1. The van der Waals surface area contributed by atoms with Crippen LogP contribution in [0.5, 0.6) is 0 Å². The van der Waals surface area contributed by atoms with Crippen LogP contribution in [0.15, 0.2) is 22.5 Å². The van der Waals surface area contributed by atoms with E-state index in [9.17, 15) is 19.5 Å². The molecule has 35 heavy (non-hydrogen) atoms. The Labute approximate surface area is 222 Å². The van der Waals surface area contributed by atoms with Crippen molar-refractivity contribution in [3.05, 3.63) is 28.2 Å². The van der Waals surface area contributed by atoms with E-state index in [0.29, 0.717) is 30.8 Å². The van der Waals surface area contributed by atoms with E-state index in [1.165, 1.54) is 54.1 Å². The number of hydrogen-bond acceptors (Lipinski definition) is 9. The number of ketones is 1. The molecule has 0 aromatic carbocycles. The van der Waals surface area contributed by atoms with Crippen LogP contribution in [0.1, 0.15) is 82.3 Å². The number of aliphatic hydroxyl groups is 1. The number of thioether (sulfide) groups is 2. The second-order valence-electron chi connectivity index (χ2n) is 8.11. The van der Waals surface area contributed by atoms with E-state index in [2.05, 4.69) is 22.2 Å². The number of unbranched alkanes of at least 4 members (excludes halogenated alkanes) is 4. The molecule has 0 fully saturated rings. The molecule has 196 valence electrons. The zero-order valence-corrected chi connectivity index (χ0v) is 23.5. The summed E-state index contributed by atoms with van der Waals surface area (Å²) < 4.78 is 0. The van der Waals surface area contributed by atoms with Crippen LogP contribution < -0.4 is 5.32 Å². The van der Waals surface area contributed by atoms with E-state index < -0.39 is 6.10 Å². The third kappa shape index (κ3) is 16.0. The molecule has 1 aromatic heterocycles. The van der Waals surface area contributed by atoms with Crippen molar-refractivity contribution in [1.82, 2.24) is 10.3 Å². The number of rotatable bonds is 18. The fourth-order valence-corrected chi connectivity index (χ4v) is 5.51. The molecule has 1 heterocycles. The van der Waals surface area contributed by atoms with Crippen molar-refractivity contribution in [1.29, 1.82) is 0 Å². The Bertz CT molecular complexity index is 840. The minimum atomic E-state index is -0.863. The Morgan fingerprint density at radius 2 is 1.94 bits per heavy atom. The lowest BCUT2D eigenvalue weighted by Gasteiger charge is -2.06. The summed E-state index contributed by atoms with van der Waals surface area (Å²) in [5.41, 5.74) is 0.742. The number of aliphatic imine (C=N–C) groups is 1. The van der Waals surface area contributed by atoms with Gasteiger partial charge in [-0.2, -0.15) is 0 Å². The average molecular weight is 542 g/mol. The summed E-state index contributed by atoms with van der Waals surface area (Å²) in [6, 6.07) is 0. The fraction of sp³-hybridized carbons (Fsp3) is 0.640. The van der Waals surface area contributed by atoms with E-state index in [0.717, 1.165) is 28.6 Å². The van der Waals surface area contributed by atoms with Gasteiger partial charge in [-0.1, -0.05) is 56.5 Å². The zero-order valence-electron chi connectivity index (χ0n) is 21.1. The van der Waals surface area contributed by atoms with Gasteiger partial charge in [0.2, 0.25) is 5.91 Å². The summed E-state index contributed by atoms with van der Waals surface area (Å²) in [7, 11) is 1.69. The van der Waals surface area contributed by atoms with Crippen molar-refractivity contribution in [2.45, 2.75) is 84.3 Å². The summed E-state index contributed by atoms with van der Waals surface area (Å²) >= 11 is 4.26. The monoisotopic (exact) mass is 541 g/mol. The Balaban J connectivity index is 2.23. The minimum absolute atomic E-state index is 0.0267. The first kappa shape index (κ1) is 31.5. The molecular formula is C25H39N3O4S3. The van der Waals surface area contributed by atoms with Crippen molar-refractivity contribution >= 4 is 56.7 Å². The number of nitrogens with one attached hydrogen (secondary N) is 1. The molecule has 0 aliphatic rings. The van der Waals surface area contributed by atoms with Gasteiger partial charge in [0.25, 0.3) is 0 Å². The van der Waals surface area contributed by atoms with Gasteiger partial charge in [0, 0.05) is 36.8 Å². The topological polar surface area (TPSA) is 109 Å². The van der Waals surface area contributed by atoms with Gasteiger partial charge >= 0.3 is 0 Å². The summed E-state index contributed by atoms with van der Waals surface area (Å²) in [5, 5.41) is 16.5. The number of carbonyl (C=O) groups is 3. The molecule has 0 aliphatic carbocycles. The van der Waals surface area contributed by atoms with E-state index in [-0.39, 0.29) is 29.8 Å². The maximum absolute atomic E-state index is 12.1. The van der Waals surface area contributed by atoms with Crippen LogP contribution in [0.25, 0.3) is 0 Å². The van der Waals surface area contributed by atoms with Gasteiger partial charge in [-0.3, -0.25) is 19.4 Å². The lowest BCUT2D eigenvalue weighted by atomic mass is 10.1. The van der Waals surface area contributed by atoms with Crippen molar-refractivity contribution in [2.24, 2.45) is 4.99 Å². The standard InChI is InChI=1S/C25H39N3O4S3/c1-4-5-6-7-8-12-24(32)33-14-10-9-11-20(30)16-22(31)27-17-23-28-21(18-35-23)25(26-3)34-15-13-19(2)29/h9,11,18,20,30H,4-8,10,12-17H2,1-3H3,(H,27,31)/b11-9+,26-25?/t20-/m1/s1. The molecule has 0 radical (unpaired) electrons. The van der Waals surface area contributed by atoms with Crippen LogP contribution in [-0.2, 0) is 20.9 Å². The first-order chi connectivity index (χ1) is 16.8. The normalized spacial score (nSPS) is 12.7. The van der Waals surface area contributed by atoms with Gasteiger partial charge in [-0.15, -0.1) is 23.1 Å². The molecule has 0 unspecified atom stereocenters. The van der Waals surface area contributed by atoms with Gasteiger partial charge in [0.15, 0.2) is 5.12 Å². The minimum Gasteiger partial charge on any atom is -0.389 e. The lowest BCUT2D eigenvalue weighted by molar-refractivity contribution is -0.122. The number of carbonyl (C=O) groups excluding carboxylic acids is 3. The van der Waals surface area contributed by atoms with Crippen molar-refractivity contribution < 1.29 is 19.5 Å². The number of aromatic nitrogens is 1. The quantitative estimate of drug-likeness (QED) is 0.114. The number of nitrogens with zero attached hydrogens (tertiary/aromatic N) is 2. The third-order valence-corrected chi connectivity index (χ3v) is 7.78. The molecule has 0 saturated heterocycles. The highest BCUT2D eigenvalue weighted by atomic mass is 32.2. The largest absolute Gasteiger partial charge is 0.389 e. The van der Waals surface area contributed by atoms with Crippen LogP contribution in [0, 0.1) is 0 Å². The Hall–Kier alpha value is -1.49. The molecule has 0 bridgehead atoms. The highest BCUT2D eigenvalue weighted by Gasteiger charge is 2.12. The predicted octanol–water partition coefficient (Wildman–Crippen LogP) is 5.17. The summed E-state index contributed by atoms with van der Waals surface area (Å²) in [4.78, 5) is 43.8. The number of hydrogen-bond donors (Lipinski definition) is 2. The molecule has 1 amide bonds. The molecule has 10 heteroatoms. The highest BCUT2D eigenvalue weighted by Crippen LogP contribution is 2.18. The first-order valence-electron chi connectivity index (χ1n) is 12.2. The average Bonchev–Trinajstić information content (AvgIpc) is 3.29. The second-order valence-corrected chi connectivity index (χ2v) is 11.3. The maximum Gasteiger partial charge on any atom is 0.223 e. The smallest absolute Gasteiger partial charge is 0.223 e. The Morgan fingerprint density at radius 3 is 2.66 bits per heavy atom. The second kappa shape index (κ2) is 19.7. The van der Waals surface area contributed by atoms with Gasteiger partial charge in [0.05, 0.1) is 19.1 Å². The predicted molar refractivity (Wildman–Crippen MR) is 149 cm³/mol. The number of aliphatic hydroxyl groups excluding tert-OH is 1. The van der Waals surface area contributed by atoms with Gasteiger partial charge in [-0.05, 0) is 19.8 Å². The van der Waals surface area contributed by atoms with E-state index in [1.54, 1.807) is 20.0 Å². The van der Waals surface area contributed by atoms with Crippen molar-refractivity contribution in [3.63, 3.8) is 0 Å². The molecule has 0 saturated carbocycles. The van der Waals surface area contributed by atoms with Crippen LogP contribution in [-0.4, -0.2) is 56.6 Å². The summed E-state index contributed by atoms with van der Waals surface area (Å²) in [5.74, 6) is 1.23. The number of thiazole rings is 1. The van der Waals surface area contributed by atoms with E-state index in [1.807, 2.05) is 11.5 Å². The Morgan fingerprint density at radius 1 is 1.17 bits per heavy atom. The zero-order chi connectivity index (χ0) is 25.9. The van der Waals surface area contributed by atoms with Crippen molar-refractivity contribution in [2.75, 3.05) is 18.6 Å². The molecule has 0 aliphatic heterocycles. The van der Waals surface area contributed by atoms with Gasteiger partial charge < -0.3 is 10.4 Å². The molecule has 7 nitrogen and oxygen atoms in total. The third-order valence-electron chi connectivity index (χ3n) is 4.89. The van der Waals surface area contributed by atoms with Crippen LogP contribution in [0.2, 0.25) is 0 Å². The van der Waals surface area contributed by atoms with Gasteiger partial charge in [0.1, 0.15) is 21.5 Å². The molecule has 1 aromatic rings. The molecule has 1 rings (SSSR count). The van der Waals surface area contributed by atoms with Crippen LogP contribution >= 0.6 is 34.9 Å². The first-order valence-corrected chi connectivity index (χ1v) is 15.0. The lowest BCUT2D eigenvalue weighted by Crippen LogP contribution is -2.26. The molecular weight excluding hydrogens is 502 g/mol. The SMILES string of the molecule is CCCCCCCC(=O)SCC/C=C/[C@@H](O)CC(=O)NCc1nc(C(=NC)SCCC(C)=O)cs1. The fourth-order valence-electron chi connectivity index (χ4n) is 2.98. The number of amides is 1.